The molecule has 0 radical (unpaired) electrons. The molecule has 0 aromatic heterocycles. The Morgan fingerprint density at radius 2 is 2.16 bits per heavy atom. The van der Waals surface area contributed by atoms with Crippen molar-refractivity contribution in [2.75, 3.05) is 12.3 Å². The lowest BCUT2D eigenvalue weighted by Gasteiger charge is -2.30. The zero-order chi connectivity index (χ0) is 13.7. The molecular formula is C15H21F2NS. The van der Waals surface area contributed by atoms with E-state index in [0.29, 0.717) is 11.3 Å². The minimum Gasteiger partial charge on any atom is -0.313 e. The molecule has 0 amide bonds. The predicted molar refractivity (Wildman–Crippen MR) is 77.6 cm³/mol. The second-order valence-corrected chi connectivity index (χ2v) is 6.37. The van der Waals surface area contributed by atoms with Crippen molar-refractivity contribution in [3.8, 4) is 0 Å². The van der Waals surface area contributed by atoms with Gasteiger partial charge in [0, 0.05) is 11.3 Å². The van der Waals surface area contributed by atoms with Gasteiger partial charge in [-0.05, 0) is 49.3 Å². The van der Waals surface area contributed by atoms with Crippen LogP contribution in [0.2, 0.25) is 0 Å². The largest absolute Gasteiger partial charge is 0.313 e. The highest BCUT2D eigenvalue weighted by molar-refractivity contribution is 8.00. The summed E-state index contributed by atoms with van der Waals surface area (Å²) in [5.41, 5.74) is 0.871. The lowest BCUT2D eigenvalue weighted by atomic mass is 9.99. The van der Waals surface area contributed by atoms with E-state index < -0.39 is 11.6 Å². The monoisotopic (exact) mass is 285 g/mol. The number of halogens is 2. The number of likely N-dealkylation sites (N-methyl/N-ethyl adjacent to an activating group) is 1. The summed E-state index contributed by atoms with van der Waals surface area (Å²) in [6.45, 7) is 3.00. The molecule has 1 aromatic carbocycles. The fraction of sp³-hybridized carbons (Fsp3) is 0.600. The summed E-state index contributed by atoms with van der Waals surface area (Å²) >= 11 is 2.01. The van der Waals surface area contributed by atoms with Crippen molar-refractivity contribution in [1.29, 1.82) is 0 Å². The topological polar surface area (TPSA) is 12.0 Å². The zero-order valence-corrected chi connectivity index (χ0v) is 12.1. The van der Waals surface area contributed by atoms with Crippen molar-refractivity contribution in [2.24, 2.45) is 0 Å². The highest BCUT2D eigenvalue weighted by Gasteiger charge is 2.23. The Balaban J connectivity index is 2.04. The molecule has 0 saturated carbocycles. The van der Waals surface area contributed by atoms with Crippen LogP contribution in [-0.2, 0) is 6.42 Å². The minimum atomic E-state index is -0.768. The first-order chi connectivity index (χ1) is 9.20. The van der Waals surface area contributed by atoms with Crippen LogP contribution in [0, 0.1) is 11.6 Å². The highest BCUT2D eigenvalue weighted by Crippen LogP contribution is 2.29. The molecule has 0 aliphatic carbocycles. The third kappa shape index (κ3) is 4.18. The van der Waals surface area contributed by atoms with E-state index in [1.807, 2.05) is 11.8 Å². The molecule has 1 heterocycles. The molecule has 2 atom stereocenters. The first kappa shape index (κ1) is 14.8. The van der Waals surface area contributed by atoms with Gasteiger partial charge < -0.3 is 5.32 Å². The summed E-state index contributed by atoms with van der Waals surface area (Å²) in [6.07, 6.45) is 4.55. The predicted octanol–water partition coefficient (Wildman–Crippen LogP) is 3.77. The van der Waals surface area contributed by atoms with E-state index in [1.54, 1.807) is 6.07 Å². The Morgan fingerprint density at radius 3 is 2.79 bits per heavy atom. The van der Waals surface area contributed by atoms with Crippen LogP contribution >= 0.6 is 11.8 Å². The normalized spacial score (nSPS) is 21.3. The Morgan fingerprint density at radius 1 is 1.32 bits per heavy atom. The molecule has 2 rings (SSSR count). The molecule has 1 aliphatic heterocycles. The van der Waals surface area contributed by atoms with Crippen molar-refractivity contribution in [1.82, 2.24) is 5.32 Å². The van der Waals surface area contributed by atoms with Crippen LogP contribution < -0.4 is 5.32 Å². The van der Waals surface area contributed by atoms with Gasteiger partial charge in [0.1, 0.15) is 0 Å². The Labute approximate surface area is 118 Å². The molecule has 1 aliphatic rings. The van der Waals surface area contributed by atoms with Gasteiger partial charge in [0.05, 0.1) is 0 Å². The van der Waals surface area contributed by atoms with E-state index in [9.17, 15) is 8.78 Å². The number of thioether (sulfide) groups is 1. The van der Waals surface area contributed by atoms with Gasteiger partial charge in [0.2, 0.25) is 0 Å². The van der Waals surface area contributed by atoms with Crippen LogP contribution in [0.1, 0.15) is 31.7 Å². The van der Waals surface area contributed by atoms with Crippen molar-refractivity contribution >= 4 is 11.8 Å². The van der Waals surface area contributed by atoms with Gasteiger partial charge in [-0.3, -0.25) is 0 Å². The number of hydrogen-bond donors (Lipinski definition) is 1. The van der Waals surface area contributed by atoms with Crippen LogP contribution in [0.25, 0.3) is 0 Å². The fourth-order valence-electron chi connectivity index (χ4n) is 2.60. The number of hydrogen-bond acceptors (Lipinski definition) is 2. The maximum absolute atomic E-state index is 13.3. The third-order valence-electron chi connectivity index (χ3n) is 3.57. The van der Waals surface area contributed by atoms with Crippen molar-refractivity contribution in [3.05, 3.63) is 35.4 Å². The molecule has 0 spiro atoms. The number of rotatable bonds is 5. The van der Waals surface area contributed by atoms with Gasteiger partial charge >= 0.3 is 0 Å². The number of benzene rings is 1. The highest BCUT2D eigenvalue weighted by atomic mass is 32.2. The summed E-state index contributed by atoms with van der Waals surface area (Å²) in [7, 11) is 0. The van der Waals surface area contributed by atoms with Gasteiger partial charge in [-0.1, -0.05) is 19.4 Å². The molecule has 1 fully saturated rings. The van der Waals surface area contributed by atoms with Gasteiger partial charge in [-0.15, -0.1) is 0 Å². The Kier molecular flexibility index (Phi) is 5.64. The lowest BCUT2D eigenvalue weighted by Crippen LogP contribution is -2.41. The standard InChI is InChI=1S/C15H21F2NS/c1-2-18-14(15-5-3-4-8-19-15)10-11-6-7-12(16)13(17)9-11/h6-7,9,14-15,18H,2-5,8,10H2,1H3. The van der Waals surface area contributed by atoms with Crippen LogP contribution in [0.15, 0.2) is 18.2 Å². The summed E-state index contributed by atoms with van der Waals surface area (Å²) in [5.74, 6) is -0.301. The lowest BCUT2D eigenvalue weighted by molar-refractivity contribution is 0.468. The van der Waals surface area contributed by atoms with E-state index in [1.165, 1.54) is 37.1 Å². The summed E-state index contributed by atoms with van der Waals surface area (Å²) in [6, 6.07) is 4.59. The average molecular weight is 285 g/mol. The second-order valence-electron chi connectivity index (χ2n) is 5.02. The van der Waals surface area contributed by atoms with Gasteiger partial charge in [0.25, 0.3) is 0 Å². The van der Waals surface area contributed by atoms with Crippen LogP contribution in [-0.4, -0.2) is 23.6 Å². The smallest absolute Gasteiger partial charge is 0.159 e. The van der Waals surface area contributed by atoms with Crippen molar-refractivity contribution in [2.45, 2.75) is 43.9 Å². The zero-order valence-electron chi connectivity index (χ0n) is 11.3. The molecule has 1 aromatic rings. The summed E-state index contributed by atoms with van der Waals surface area (Å²) in [4.78, 5) is 0. The van der Waals surface area contributed by atoms with Gasteiger partial charge in [0.15, 0.2) is 11.6 Å². The number of nitrogens with one attached hydrogen (secondary N) is 1. The molecule has 1 saturated heterocycles. The molecule has 2 unspecified atom stereocenters. The second kappa shape index (κ2) is 7.25. The van der Waals surface area contributed by atoms with Crippen molar-refractivity contribution < 1.29 is 8.78 Å². The molecule has 1 nitrogen and oxygen atoms in total. The van der Waals surface area contributed by atoms with E-state index >= 15 is 0 Å². The van der Waals surface area contributed by atoms with Crippen LogP contribution in [0.5, 0.6) is 0 Å². The quantitative estimate of drug-likeness (QED) is 0.884. The molecule has 19 heavy (non-hydrogen) atoms. The maximum Gasteiger partial charge on any atom is 0.159 e. The third-order valence-corrected chi connectivity index (χ3v) is 5.09. The van der Waals surface area contributed by atoms with Gasteiger partial charge in [-0.2, -0.15) is 11.8 Å². The summed E-state index contributed by atoms with van der Waals surface area (Å²) < 4.78 is 26.2. The molecule has 106 valence electrons. The van der Waals surface area contributed by atoms with E-state index in [-0.39, 0.29) is 0 Å². The van der Waals surface area contributed by atoms with Crippen LogP contribution in [0.3, 0.4) is 0 Å². The SMILES string of the molecule is CCNC(Cc1ccc(F)c(F)c1)C1CCCCS1. The summed E-state index contributed by atoms with van der Waals surface area (Å²) in [5, 5.41) is 4.08. The van der Waals surface area contributed by atoms with Crippen LogP contribution in [0.4, 0.5) is 8.78 Å². The molecule has 0 bridgehead atoms. The minimum absolute atomic E-state index is 0.347. The average Bonchev–Trinajstić information content (AvgIpc) is 2.43. The van der Waals surface area contributed by atoms with E-state index in [2.05, 4.69) is 12.2 Å². The molecular weight excluding hydrogens is 264 g/mol. The first-order valence-electron chi connectivity index (χ1n) is 6.99. The van der Waals surface area contributed by atoms with E-state index in [4.69, 9.17) is 0 Å². The molecule has 4 heteroatoms. The van der Waals surface area contributed by atoms with Crippen molar-refractivity contribution in [3.63, 3.8) is 0 Å². The Hall–Kier alpha value is -0.610. The van der Waals surface area contributed by atoms with Gasteiger partial charge in [-0.25, -0.2) is 8.78 Å². The fourth-order valence-corrected chi connectivity index (χ4v) is 4.03. The Bertz CT molecular complexity index is 405. The first-order valence-corrected chi connectivity index (χ1v) is 8.04. The maximum atomic E-state index is 13.3. The molecule has 1 N–H and O–H groups in total. The van der Waals surface area contributed by atoms with E-state index in [0.717, 1.165) is 18.5 Å².